The summed E-state index contributed by atoms with van der Waals surface area (Å²) in [6, 6.07) is 14.0. The topological polar surface area (TPSA) is 128 Å². The molecule has 138 valence electrons. The molecule has 0 spiro atoms. The average molecular weight is 381 g/mol. The van der Waals surface area contributed by atoms with Crippen LogP contribution in [0, 0.1) is 0 Å². The zero-order chi connectivity index (χ0) is 19.4. The van der Waals surface area contributed by atoms with Crippen molar-refractivity contribution in [3.05, 3.63) is 70.7 Å². The molecule has 6 N–H and O–H groups in total. The summed E-state index contributed by atoms with van der Waals surface area (Å²) in [4.78, 5) is 30.0. The van der Waals surface area contributed by atoms with Crippen LogP contribution in [0.15, 0.2) is 53.9 Å². The molecule has 3 rings (SSSR count). The van der Waals surface area contributed by atoms with E-state index in [1.165, 1.54) is 11.3 Å². The molecule has 0 atom stereocenters. The van der Waals surface area contributed by atoms with E-state index in [1.807, 2.05) is 12.1 Å². The fourth-order valence-corrected chi connectivity index (χ4v) is 3.22. The number of hydrogen-bond donors (Lipinski definition) is 3. The number of nitrogens with two attached hydrogens (primary N) is 3. The van der Waals surface area contributed by atoms with E-state index in [1.54, 1.807) is 46.7 Å². The highest BCUT2D eigenvalue weighted by molar-refractivity contribution is 7.13. The van der Waals surface area contributed by atoms with Crippen LogP contribution in [0.25, 0.3) is 0 Å². The Morgan fingerprint density at radius 3 is 2.33 bits per heavy atom. The maximum atomic E-state index is 13.0. The van der Waals surface area contributed by atoms with E-state index in [0.29, 0.717) is 34.3 Å². The summed E-state index contributed by atoms with van der Waals surface area (Å²) < 4.78 is 0. The van der Waals surface area contributed by atoms with Gasteiger partial charge in [0.1, 0.15) is 0 Å². The van der Waals surface area contributed by atoms with Gasteiger partial charge >= 0.3 is 0 Å². The molecular formula is C19H19N5O2S. The van der Waals surface area contributed by atoms with Gasteiger partial charge in [-0.05, 0) is 29.8 Å². The van der Waals surface area contributed by atoms with Crippen LogP contribution >= 0.6 is 11.3 Å². The van der Waals surface area contributed by atoms with E-state index in [0.717, 1.165) is 5.56 Å². The van der Waals surface area contributed by atoms with E-state index in [-0.39, 0.29) is 12.3 Å². The predicted octanol–water partition coefficient (Wildman–Crippen LogP) is 2.18. The first-order chi connectivity index (χ1) is 12.9. The van der Waals surface area contributed by atoms with Gasteiger partial charge in [0, 0.05) is 10.9 Å². The van der Waals surface area contributed by atoms with Gasteiger partial charge in [0.25, 0.3) is 0 Å². The number of rotatable bonds is 6. The number of carbonyl (C=O) groups excluding carboxylic acids is 2. The molecule has 8 heteroatoms. The maximum Gasteiger partial charge on any atom is 0.248 e. The lowest BCUT2D eigenvalue weighted by molar-refractivity contribution is -0.118. The van der Waals surface area contributed by atoms with Crippen LogP contribution in [-0.2, 0) is 17.8 Å². The van der Waals surface area contributed by atoms with Crippen molar-refractivity contribution >= 4 is 39.7 Å². The summed E-state index contributed by atoms with van der Waals surface area (Å²) in [7, 11) is 0. The van der Waals surface area contributed by atoms with E-state index in [4.69, 9.17) is 17.2 Å². The SMILES string of the molecule is NC(=O)c1ccc(CN(C(=O)Cc2csc(N)n2)c2ccccc2N)cc1. The molecule has 0 radical (unpaired) electrons. The summed E-state index contributed by atoms with van der Waals surface area (Å²) in [6.07, 6.45) is 0.113. The molecule has 1 heterocycles. The van der Waals surface area contributed by atoms with Crippen molar-refractivity contribution in [1.29, 1.82) is 0 Å². The number of anilines is 3. The van der Waals surface area contributed by atoms with Crippen LogP contribution in [0.4, 0.5) is 16.5 Å². The molecule has 0 aliphatic carbocycles. The lowest BCUT2D eigenvalue weighted by atomic mass is 10.1. The van der Waals surface area contributed by atoms with Gasteiger partial charge in [-0.2, -0.15) is 0 Å². The Hall–Kier alpha value is -3.39. The first-order valence-electron chi connectivity index (χ1n) is 8.17. The number of nitrogens with zero attached hydrogens (tertiary/aromatic N) is 2. The third-order valence-electron chi connectivity index (χ3n) is 4.01. The van der Waals surface area contributed by atoms with Gasteiger partial charge in [-0.1, -0.05) is 24.3 Å². The minimum absolute atomic E-state index is 0.113. The van der Waals surface area contributed by atoms with Crippen LogP contribution in [0.1, 0.15) is 21.6 Å². The van der Waals surface area contributed by atoms with Gasteiger partial charge < -0.3 is 22.1 Å². The fraction of sp³-hybridized carbons (Fsp3) is 0.105. The summed E-state index contributed by atoms with van der Waals surface area (Å²) in [5.74, 6) is -0.653. The fourth-order valence-electron chi connectivity index (χ4n) is 2.65. The van der Waals surface area contributed by atoms with Gasteiger partial charge in [0.2, 0.25) is 11.8 Å². The normalized spacial score (nSPS) is 10.5. The number of benzene rings is 2. The Kier molecular flexibility index (Phi) is 5.37. The minimum atomic E-state index is -0.497. The van der Waals surface area contributed by atoms with Crippen molar-refractivity contribution in [2.75, 3.05) is 16.4 Å². The highest BCUT2D eigenvalue weighted by atomic mass is 32.1. The number of para-hydroxylation sites is 2. The third kappa shape index (κ3) is 4.42. The number of thiazole rings is 1. The first-order valence-corrected chi connectivity index (χ1v) is 9.05. The highest BCUT2D eigenvalue weighted by Gasteiger charge is 2.20. The number of aromatic nitrogens is 1. The largest absolute Gasteiger partial charge is 0.397 e. The average Bonchev–Trinajstić information content (AvgIpc) is 3.05. The Balaban J connectivity index is 1.88. The molecule has 0 aliphatic heterocycles. The summed E-state index contributed by atoms with van der Waals surface area (Å²) in [5.41, 5.74) is 20.0. The zero-order valence-corrected chi connectivity index (χ0v) is 15.3. The quantitative estimate of drug-likeness (QED) is 0.564. The number of hydrogen-bond acceptors (Lipinski definition) is 6. The standard InChI is InChI=1S/C19H19N5O2S/c20-15-3-1-2-4-16(15)24(17(25)9-14-11-27-19(22)23-14)10-12-5-7-13(8-6-12)18(21)26/h1-8,11H,9-10,20H2,(H2,21,26)(H2,22,23). The van der Waals surface area contributed by atoms with Crippen LogP contribution in [0.2, 0.25) is 0 Å². The number of nitrogen functional groups attached to an aromatic ring is 2. The highest BCUT2D eigenvalue weighted by Crippen LogP contribution is 2.26. The Morgan fingerprint density at radius 2 is 1.74 bits per heavy atom. The van der Waals surface area contributed by atoms with Crippen molar-refractivity contribution < 1.29 is 9.59 Å². The van der Waals surface area contributed by atoms with Gasteiger partial charge in [-0.15, -0.1) is 11.3 Å². The van der Waals surface area contributed by atoms with Gasteiger partial charge in [0.15, 0.2) is 5.13 Å². The van der Waals surface area contributed by atoms with Crippen molar-refractivity contribution in [1.82, 2.24) is 4.98 Å². The lowest BCUT2D eigenvalue weighted by Crippen LogP contribution is -2.32. The number of carbonyl (C=O) groups is 2. The Bertz CT molecular complexity index is 968. The molecule has 2 aromatic carbocycles. The summed E-state index contributed by atoms with van der Waals surface area (Å²) in [5, 5.41) is 2.19. The van der Waals surface area contributed by atoms with E-state index in [9.17, 15) is 9.59 Å². The zero-order valence-electron chi connectivity index (χ0n) is 14.5. The first kappa shape index (κ1) is 18.4. The molecule has 0 saturated heterocycles. The second-order valence-electron chi connectivity index (χ2n) is 5.95. The lowest BCUT2D eigenvalue weighted by Gasteiger charge is -2.24. The van der Waals surface area contributed by atoms with Crippen molar-refractivity contribution in [3.63, 3.8) is 0 Å². The third-order valence-corrected chi connectivity index (χ3v) is 4.73. The second kappa shape index (κ2) is 7.88. The summed E-state index contributed by atoms with van der Waals surface area (Å²) in [6.45, 7) is 0.297. The molecule has 0 fully saturated rings. The second-order valence-corrected chi connectivity index (χ2v) is 6.84. The van der Waals surface area contributed by atoms with Crippen LogP contribution < -0.4 is 22.1 Å². The predicted molar refractivity (Wildman–Crippen MR) is 107 cm³/mol. The van der Waals surface area contributed by atoms with Gasteiger partial charge in [-0.3, -0.25) is 9.59 Å². The summed E-state index contributed by atoms with van der Waals surface area (Å²) >= 11 is 1.29. The van der Waals surface area contributed by atoms with Gasteiger partial charge in [-0.25, -0.2) is 4.98 Å². The van der Waals surface area contributed by atoms with Gasteiger partial charge in [0.05, 0.1) is 30.0 Å². The van der Waals surface area contributed by atoms with Crippen molar-refractivity contribution in [2.24, 2.45) is 5.73 Å². The molecular weight excluding hydrogens is 362 g/mol. The Labute approximate surface area is 160 Å². The van der Waals surface area contributed by atoms with Crippen LogP contribution in [-0.4, -0.2) is 16.8 Å². The molecule has 0 unspecified atom stereocenters. The number of amides is 2. The molecule has 27 heavy (non-hydrogen) atoms. The molecule has 3 aromatic rings. The Morgan fingerprint density at radius 1 is 1.04 bits per heavy atom. The van der Waals surface area contributed by atoms with Crippen LogP contribution in [0.5, 0.6) is 0 Å². The molecule has 2 amide bonds. The minimum Gasteiger partial charge on any atom is -0.397 e. The van der Waals surface area contributed by atoms with E-state index >= 15 is 0 Å². The maximum absolute atomic E-state index is 13.0. The van der Waals surface area contributed by atoms with Crippen molar-refractivity contribution in [3.8, 4) is 0 Å². The molecule has 7 nitrogen and oxygen atoms in total. The number of primary amides is 1. The monoisotopic (exact) mass is 381 g/mol. The molecule has 0 saturated carbocycles. The smallest absolute Gasteiger partial charge is 0.248 e. The van der Waals surface area contributed by atoms with Crippen molar-refractivity contribution in [2.45, 2.75) is 13.0 Å². The van der Waals surface area contributed by atoms with E-state index < -0.39 is 5.91 Å². The molecule has 1 aromatic heterocycles. The molecule has 0 aliphatic rings. The van der Waals surface area contributed by atoms with E-state index in [2.05, 4.69) is 4.98 Å². The van der Waals surface area contributed by atoms with Crippen LogP contribution in [0.3, 0.4) is 0 Å². The molecule has 0 bridgehead atoms.